The molecule has 0 radical (unpaired) electrons. The third kappa shape index (κ3) is 3.73. The first-order chi connectivity index (χ1) is 9.58. The van der Waals surface area contributed by atoms with Crippen molar-refractivity contribution >= 4 is 5.97 Å². The number of aryl methyl sites for hydroxylation is 1. The molecule has 0 bridgehead atoms. The van der Waals surface area contributed by atoms with Crippen LogP contribution in [0.1, 0.15) is 25.3 Å². The van der Waals surface area contributed by atoms with Crippen molar-refractivity contribution in [3.63, 3.8) is 0 Å². The van der Waals surface area contributed by atoms with Crippen LogP contribution in [-0.2, 0) is 4.79 Å². The number of carboxylic acids is 1. The first kappa shape index (κ1) is 14.9. The fourth-order valence-corrected chi connectivity index (χ4v) is 2.91. The Morgan fingerprint density at radius 2 is 2.30 bits per heavy atom. The lowest BCUT2D eigenvalue weighted by Crippen LogP contribution is -2.50. The number of nitrogens with zero attached hydrogens (tertiary/aromatic N) is 1. The predicted molar refractivity (Wildman–Crippen MR) is 78.1 cm³/mol. The topological polar surface area (TPSA) is 49.8 Å². The Labute approximate surface area is 120 Å². The van der Waals surface area contributed by atoms with Crippen molar-refractivity contribution in [2.45, 2.75) is 32.7 Å². The summed E-state index contributed by atoms with van der Waals surface area (Å²) in [4.78, 5) is 13.4. The molecule has 0 aliphatic carbocycles. The number of rotatable bonds is 5. The predicted octanol–water partition coefficient (Wildman–Crippen LogP) is 2.56. The standard InChI is InChI=1S/C16H23NO3/c1-12-5-3-7-14(11-12)20-10-9-17-8-4-6-13(2)15(17)16(18)19/h3,5,7,11,13,15H,4,6,8-10H2,1-2H3,(H,18,19). The summed E-state index contributed by atoms with van der Waals surface area (Å²) in [6.07, 6.45) is 2.06. The lowest BCUT2D eigenvalue weighted by Gasteiger charge is -2.37. The highest BCUT2D eigenvalue weighted by Gasteiger charge is 2.33. The molecule has 0 saturated carbocycles. The molecule has 1 fully saturated rings. The molecule has 1 aromatic carbocycles. The zero-order chi connectivity index (χ0) is 14.5. The molecule has 1 heterocycles. The molecule has 110 valence electrons. The normalized spacial score (nSPS) is 23.5. The molecular formula is C16H23NO3. The maximum absolute atomic E-state index is 11.4. The maximum atomic E-state index is 11.4. The molecule has 1 aliphatic heterocycles. The van der Waals surface area contributed by atoms with Crippen molar-refractivity contribution in [3.05, 3.63) is 29.8 Å². The average molecular weight is 277 g/mol. The van der Waals surface area contributed by atoms with Gasteiger partial charge in [0.25, 0.3) is 0 Å². The van der Waals surface area contributed by atoms with Gasteiger partial charge in [-0.25, -0.2) is 0 Å². The first-order valence-corrected chi connectivity index (χ1v) is 7.24. The van der Waals surface area contributed by atoms with Gasteiger partial charge >= 0.3 is 5.97 Å². The molecule has 0 spiro atoms. The van der Waals surface area contributed by atoms with Gasteiger partial charge in [-0.3, -0.25) is 9.69 Å². The fraction of sp³-hybridized carbons (Fsp3) is 0.562. The van der Waals surface area contributed by atoms with Crippen LogP contribution in [0, 0.1) is 12.8 Å². The molecular weight excluding hydrogens is 254 g/mol. The minimum atomic E-state index is -0.715. The summed E-state index contributed by atoms with van der Waals surface area (Å²) in [6.45, 7) is 6.08. The van der Waals surface area contributed by atoms with Gasteiger partial charge in [0.05, 0.1) is 0 Å². The zero-order valence-corrected chi connectivity index (χ0v) is 12.2. The summed E-state index contributed by atoms with van der Waals surface area (Å²) in [5, 5.41) is 9.35. The van der Waals surface area contributed by atoms with E-state index in [0.717, 1.165) is 30.7 Å². The van der Waals surface area contributed by atoms with Crippen LogP contribution in [0.15, 0.2) is 24.3 Å². The fourth-order valence-electron chi connectivity index (χ4n) is 2.91. The quantitative estimate of drug-likeness (QED) is 0.898. The molecule has 1 aromatic rings. The molecule has 2 unspecified atom stereocenters. The van der Waals surface area contributed by atoms with E-state index in [9.17, 15) is 9.90 Å². The van der Waals surface area contributed by atoms with E-state index in [0.29, 0.717) is 13.2 Å². The number of benzene rings is 1. The highest BCUT2D eigenvalue weighted by atomic mass is 16.5. The Hall–Kier alpha value is -1.55. The van der Waals surface area contributed by atoms with E-state index in [1.807, 2.05) is 43.0 Å². The second-order valence-electron chi connectivity index (χ2n) is 5.60. The van der Waals surface area contributed by atoms with E-state index in [-0.39, 0.29) is 12.0 Å². The minimum Gasteiger partial charge on any atom is -0.492 e. The number of hydrogen-bond donors (Lipinski definition) is 1. The van der Waals surface area contributed by atoms with Crippen molar-refractivity contribution in [2.75, 3.05) is 19.7 Å². The first-order valence-electron chi connectivity index (χ1n) is 7.24. The number of carbonyl (C=O) groups is 1. The summed E-state index contributed by atoms with van der Waals surface area (Å²) in [6, 6.07) is 7.55. The Morgan fingerprint density at radius 3 is 3.00 bits per heavy atom. The molecule has 4 nitrogen and oxygen atoms in total. The average Bonchev–Trinajstić information content (AvgIpc) is 2.38. The van der Waals surface area contributed by atoms with Crippen molar-refractivity contribution in [1.82, 2.24) is 4.90 Å². The Kier molecular flexibility index (Phi) is 5.01. The second kappa shape index (κ2) is 6.75. The van der Waals surface area contributed by atoms with Crippen molar-refractivity contribution in [3.8, 4) is 5.75 Å². The van der Waals surface area contributed by atoms with E-state index >= 15 is 0 Å². The van der Waals surface area contributed by atoms with E-state index in [2.05, 4.69) is 0 Å². The number of aliphatic carboxylic acids is 1. The van der Waals surface area contributed by atoms with Crippen LogP contribution in [0.3, 0.4) is 0 Å². The lowest BCUT2D eigenvalue weighted by atomic mass is 9.91. The smallest absolute Gasteiger partial charge is 0.321 e. The number of hydrogen-bond acceptors (Lipinski definition) is 3. The lowest BCUT2D eigenvalue weighted by molar-refractivity contribution is -0.147. The van der Waals surface area contributed by atoms with E-state index < -0.39 is 5.97 Å². The van der Waals surface area contributed by atoms with E-state index in [1.54, 1.807) is 0 Å². The third-order valence-electron chi connectivity index (χ3n) is 3.93. The molecule has 2 atom stereocenters. The second-order valence-corrected chi connectivity index (χ2v) is 5.60. The van der Waals surface area contributed by atoms with Crippen LogP contribution < -0.4 is 4.74 Å². The summed E-state index contributed by atoms with van der Waals surface area (Å²) in [5.41, 5.74) is 1.16. The Morgan fingerprint density at radius 1 is 1.50 bits per heavy atom. The highest BCUT2D eigenvalue weighted by molar-refractivity contribution is 5.74. The number of carboxylic acid groups (broad SMARTS) is 1. The minimum absolute atomic E-state index is 0.209. The third-order valence-corrected chi connectivity index (χ3v) is 3.93. The number of likely N-dealkylation sites (tertiary alicyclic amines) is 1. The summed E-state index contributed by atoms with van der Waals surface area (Å²) in [5.74, 6) is 0.343. The van der Waals surface area contributed by atoms with Crippen LogP contribution in [0.5, 0.6) is 5.75 Å². The van der Waals surface area contributed by atoms with E-state index in [4.69, 9.17) is 4.74 Å². The summed E-state index contributed by atoms with van der Waals surface area (Å²) >= 11 is 0. The molecule has 1 aliphatic rings. The van der Waals surface area contributed by atoms with Crippen LogP contribution in [0.25, 0.3) is 0 Å². The molecule has 2 rings (SSSR count). The summed E-state index contributed by atoms with van der Waals surface area (Å²) in [7, 11) is 0. The van der Waals surface area contributed by atoms with Crippen LogP contribution >= 0.6 is 0 Å². The monoisotopic (exact) mass is 277 g/mol. The van der Waals surface area contributed by atoms with Gasteiger partial charge in [0.15, 0.2) is 0 Å². The van der Waals surface area contributed by atoms with Gasteiger partial charge in [-0.05, 0) is 49.9 Å². The summed E-state index contributed by atoms with van der Waals surface area (Å²) < 4.78 is 5.72. The van der Waals surface area contributed by atoms with E-state index in [1.165, 1.54) is 0 Å². The van der Waals surface area contributed by atoms with Crippen molar-refractivity contribution in [2.24, 2.45) is 5.92 Å². The van der Waals surface area contributed by atoms with Gasteiger partial charge in [-0.15, -0.1) is 0 Å². The number of ether oxygens (including phenoxy) is 1. The molecule has 20 heavy (non-hydrogen) atoms. The van der Waals surface area contributed by atoms with Gasteiger partial charge in [0.2, 0.25) is 0 Å². The molecule has 1 N–H and O–H groups in total. The zero-order valence-electron chi connectivity index (χ0n) is 12.2. The van der Waals surface area contributed by atoms with Crippen molar-refractivity contribution in [1.29, 1.82) is 0 Å². The van der Waals surface area contributed by atoms with Gasteiger partial charge in [0, 0.05) is 6.54 Å². The van der Waals surface area contributed by atoms with Crippen LogP contribution in [-0.4, -0.2) is 41.7 Å². The highest BCUT2D eigenvalue weighted by Crippen LogP contribution is 2.23. The SMILES string of the molecule is Cc1cccc(OCCN2CCCC(C)C2C(=O)O)c1. The Bertz CT molecular complexity index is 461. The maximum Gasteiger partial charge on any atom is 0.321 e. The number of piperidine rings is 1. The van der Waals surface area contributed by atoms with Gasteiger partial charge in [-0.2, -0.15) is 0 Å². The molecule has 1 saturated heterocycles. The Balaban J connectivity index is 1.87. The molecule has 0 amide bonds. The van der Waals surface area contributed by atoms with Gasteiger partial charge in [-0.1, -0.05) is 19.1 Å². The molecule has 0 aromatic heterocycles. The largest absolute Gasteiger partial charge is 0.492 e. The van der Waals surface area contributed by atoms with Crippen LogP contribution in [0.4, 0.5) is 0 Å². The van der Waals surface area contributed by atoms with Gasteiger partial charge < -0.3 is 9.84 Å². The molecule has 4 heteroatoms. The van der Waals surface area contributed by atoms with Crippen LogP contribution in [0.2, 0.25) is 0 Å². The van der Waals surface area contributed by atoms with Gasteiger partial charge in [0.1, 0.15) is 18.4 Å². The van der Waals surface area contributed by atoms with Crippen molar-refractivity contribution < 1.29 is 14.6 Å².